The second kappa shape index (κ2) is 8.17. The molecule has 0 bridgehead atoms. The Balaban J connectivity index is 1.72. The average molecular weight is 360 g/mol. The van der Waals surface area contributed by atoms with Crippen molar-refractivity contribution in [1.29, 1.82) is 0 Å². The summed E-state index contributed by atoms with van der Waals surface area (Å²) < 4.78 is 42.4. The lowest BCUT2D eigenvalue weighted by molar-refractivity contribution is -0.144. The number of alkyl halides is 3. The topological polar surface area (TPSA) is 88.5 Å². The molecular weight excluding hydrogens is 341 g/mol. The molecule has 25 heavy (non-hydrogen) atoms. The Hall–Kier alpha value is -2.32. The van der Waals surface area contributed by atoms with E-state index in [1.165, 1.54) is 0 Å². The van der Waals surface area contributed by atoms with Gasteiger partial charge in [0.1, 0.15) is 6.61 Å². The number of amides is 1. The molecule has 1 amide bonds. The fourth-order valence-corrected chi connectivity index (χ4v) is 2.76. The van der Waals surface area contributed by atoms with Crippen molar-refractivity contribution in [3.05, 3.63) is 23.9 Å². The van der Waals surface area contributed by atoms with E-state index < -0.39 is 23.6 Å². The van der Waals surface area contributed by atoms with Gasteiger partial charge in [0.2, 0.25) is 11.8 Å². The minimum absolute atomic E-state index is 0.0332. The van der Waals surface area contributed by atoms with Crippen LogP contribution in [0.1, 0.15) is 31.2 Å². The number of pyridine rings is 1. The molecule has 2 rings (SSSR count). The number of carbonyl (C=O) groups excluding carboxylic acids is 1. The minimum atomic E-state index is -4.45. The summed E-state index contributed by atoms with van der Waals surface area (Å²) in [5.41, 5.74) is -0.863. The van der Waals surface area contributed by atoms with Gasteiger partial charge in [0, 0.05) is 18.2 Å². The maximum Gasteiger partial charge on any atom is 0.417 e. The molecule has 1 aliphatic rings. The zero-order chi connectivity index (χ0) is 18.4. The quantitative estimate of drug-likeness (QED) is 0.761. The summed E-state index contributed by atoms with van der Waals surface area (Å²) in [4.78, 5) is 26.6. The van der Waals surface area contributed by atoms with Crippen LogP contribution in [-0.4, -0.2) is 35.1 Å². The molecule has 1 heterocycles. The average Bonchev–Trinajstić information content (AvgIpc) is 2.58. The van der Waals surface area contributed by atoms with Gasteiger partial charge in [0.15, 0.2) is 0 Å². The second-order valence-electron chi connectivity index (χ2n) is 5.92. The lowest BCUT2D eigenvalue weighted by Crippen LogP contribution is -2.37. The first-order chi connectivity index (χ1) is 11.8. The van der Waals surface area contributed by atoms with E-state index in [9.17, 15) is 22.8 Å². The van der Waals surface area contributed by atoms with Crippen molar-refractivity contribution in [2.45, 2.75) is 31.9 Å². The van der Waals surface area contributed by atoms with Crippen molar-refractivity contribution < 1.29 is 32.6 Å². The van der Waals surface area contributed by atoms with Crippen LogP contribution in [0.15, 0.2) is 18.3 Å². The highest BCUT2D eigenvalue weighted by Gasteiger charge is 2.31. The van der Waals surface area contributed by atoms with Gasteiger partial charge in [-0.1, -0.05) is 6.42 Å². The zero-order valence-electron chi connectivity index (χ0n) is 13.4. The van der Waals surface area contributed by atoms with Gasteiger partial charge in [-0.25, -0.2) is 4.98 Å². The number of carboxylic acids is 1. The third-order valence-corrected chi connectivity index (χ3v) is 4.11. The highest BCUT2D eigenvalue weighted by Crippen LogP contribution is 2.30. The van der Waals surface area contributed by atoms with Gasteiger partial charge in [-0.3, -0.25) is 9.59 Å². The highest BCUT2D eigenvalue weighted by atomic mass is 19.4. The number of hydrogen-bond donors (Lipinski definition) is 2. The van der Waals surface area contributed by atoms with E-state index in [4.69, 9.17) is 9.84 Å². The zero-order valence-corrected chi connectivity index (χ0v) is 13.4. The molecule has 2 unspecified atom stereocenters. The molecule has 1 fully saturated rings. The summed E-state index contributed by atoms with van der Waals surface area (Å²) in [7, 11) is 0. The van der Waals surface area contributed by atoms with E-state index >= 15 is 0 Å². The van der Waals surface area contributed by atoms with Crippen LogP contribution in [0.5, 0.6) is 5.88 Å². The first-order valence-electron chi connectivity index (χ1n) is 7.94. The summed E-state index contributed by atoms with van der Waals surface area (Å²) >= 11 is 0. The predicted molar refractivity (Wildman–Crippen MR) is 80.8 cm³/mol. The smallest absolute Gasteiger partial charge is 0.417 e. The number of nitrogens with one attached hydrogen (secondary N) is 1. The maximum atomic E-state index is 12.4. The van der Waals surface area contributed by atoms with Crippen molar-refractivity contribution in [2.24, 2.45) is 11.8 Å². The van der Waals surface area contributed by atoms with Gasteiger partial charge >= 0.3 is 12.1 Å². The molecule has 0 aromatic carbocycles. The van der Waals surface area contributed by atoms with E-state index in [1.54, 1.807) is 0 Å². The number of carbonyl (C=O) groups is 2. The molecule has 2 N–H and O–H groups in total. The minimum Gasteiger partial charge on any atom is -0.481 e. The number of aliphatic carboxylic acids is 1. The van der Waals surface area contributed by atoms with E-state index in [-0.39, 0.29) is 30.9 Å². The number of halogens is 3. The Bertz CT molecular complexity index is 604. The van der Waals surface area contributed by atoms with Crippen LogP contribution in [0.3, 0.4) is 0 Å². The molecule has 2 atom stereocenters. The third-order valence-electron chi connectivity index (χ3n) is 4.11. The Morgan fingerprint density at radius 3 is 2.60 bits per heavy atom. The normalized spacial score (nSPS) is 20.8. The Morgan fingerprint density at radius 1 is 1.28 bits per heavy atom. The maximum absolute atomic E-state index is 12.4. The molecule has 6 nitrogen and oxygen atoms in total. The lowest BCUT2D eigenvalue weighted by atomic mass is 9.81. The SMILES string of the molecule is O=C(O)C1CCCC(C(=O)NCCOc2ccc(C(F)(F)F)cn2)C1. The second-order valence-corrected chi connectivity index (χ2v) is 5.92. The number of ether oxygens (including phenoxy) is 1. The van der Waals surface area contributed by atoms with Crippen molar-refractivity contribution in [1.82, 2.24) is 10.3 Å². The van der Waals surface area contributed by atoms with E-state index in [0.717, 1.165) is 12.1 Å². The Kier molecular flexibility index (Phi) is 6.22. The van der Waals surface area contributed by atoms with E-state index in [0.29, 0.717) is 31.9 Å². The standard InChI is InChI=1S/C16H19F3N2O4/c17-16(18,19)12-4-5-13(21-9-12)25-7-6-20-14(22)10-2-1-3-11(8-10)15(23)24/h4-5,9-11H,1-3,6-8H2,(H,20,22)(H,23,24). The fourth-order valence-electron chi connectivity index (χ4n) is 2.76. The molecule has 0 saturated heterocycles. The fraction of sp³-hybridized carbons (Fsp3) is 0.562. The van der Waals surface area contributed by atoms with Gasteiger partial charge in [-0.05, 0) is 25.3 Å². The Labute approximate surface area is 142 Å². The van der Waals surface area contributed by atoms with Gasteiger partial charge in [0.25, 0.3) is 0 Å². The molecule has 0 radical (unpaired) electrons. The van der Waals surface area contributed by atoms with Crippen LogP contribution in [0, 0.1) is 11.8 Å². The number of nitrogens with zero attached hydrogens (tertiary/aromatic N) is 1. The lowest BCUT2D eigenvalue weighted by Gasteiger charge is -2.25. The number of rotatable bonds is 6. The molecule has 138 valence electrons. The highest BCUT2D eigenvalue weighted by molar-refractivity contribution is 5.80. The molecule has 9 heteroatoms. The molecule has 0 aliphatic heterocycles. The van der Waals surface area contributed by atoms with Crippen LogP contribution in [0.25, 0.3) is 0 Å². The van der Waals surface area contributed by atoms with Gasteiger partial charge < -0.3 is 15.2 Å². The number of aromatic nitrogens is 1. The monoisotopic (exact) mass is 360 g/mol. The van der Waals surface area contributed by atoms with Crippen molar-refractivity contribution in [2.75, 3.05) is 13.2 Å². The molecular formula is C16H19F3N2O4. The van der Waals surface area contributed by atoms with Crippen LogP contribution in [0.4, 0.5) is 13.2 Å². The summed E-state index contributed by atoms with van der Waals surface area (Å²) in [6.07, 6.45) is -1.52. The van der Waals surface area contributed by atoms with Crippen LogP contribution >= 0.6 is 0 Å². The number of hydrogen-bond acceptors (Lipinski definition) is 4. The molecule has 1 saturated carbocycles. The molecule has 1 aliphatic carbocycles. The third kappa shape index (κ3) is 5.61. The van der Waals surface area contributed by atoms with E-state index in [2.05, 4.69) is 10.3 Å². The molecule has 1 aromatic rings. The molecule has 0 spiro atoms. The van der Waals surface area contributed by atoms with Crippen molar-refractivity contribution in [3.8, 4) is 5.88 Å². The summed E-state index contributed by atoms with van der Waals surface area (Å²) in [5, 5.41) is 11.7. The van der Waals surface area contributed by atoms with Crippen LogP contribution in [0.2, 0.25) is 0 Å². The summed E-state index contributed by atoms with van der Waals surface area (Å²) in [5.74, 6) is -1.90. The number of carboxylic acid groups (broad SMARTS) is 1. The first kappa shape index (κ1) is 19.0. The Morgan fingerprint density at radius 2 is 2.00 bits per heavy atom. The van der Waals surface area contributed by atoms with Crippen molar-refractivity contribution >= 4 is 11.9 Å². The first-order valence-corrected chi connectivity index (χ1v) is 7.94. The summed E-state index contributed by atoms with van der Waals surface area (Å²) in [6.45, 7) is 0.217. The van der Waals surface area contributed by atoms with Gasteiger partial charge in [-0.2, -0.15) is 13.2 Å². The summed E-state index contributed by atoms with van der Waals surface area (Å²) in [6, 6.07) is 1.98. The molecule has 1 aromatic heterocycles. The largest absolute Gasteiger partial charge is 0.481 e. The predicted octanol–water partition coefficient (Wildman–Crippen LogP) is 2.49. The van der Waals surface area contributed by atoms with E-state index in [1.807, 2.05) is 0 Å². The van der Waals surface area contributed by atoms with Crippen LogP contribution in [-0.2, 0) is 15.8 Å². The van der Waals surface area contributed by atoms with Gasteiger partial charge in [0.05, 0.1) is 18.0 Å². The van der Waals surface area contributed by atoms with Gasteiger partial charge in [-0.15, -0.1) is 0 Å². The van der Waals surface area contributed by atoms with Crippen molar-refractivity contribution in [3.63, 3.8) is 0 Å². The van der Waals surface area contributed by atoms with Crippen LogP contribution < -0.4 is 10.1 Å².